The number of hydrogen-bond donors (Lipinski definition) is 2. The SMILES string of the molecule is O=C1C=CC(=Cc2ccc(F)cc2)C1=CC=CC(O)CCCO. The third-order valence-electron chi connectivity index (χ3n) is 3.44. The van der Waals surface area contributed by atoms with Crippen molar-refractivity contribution in [2.75, 3.05) is 6.61 Å². The molecule has 0 saturated carbocycles. The van der Waals surface area contributed by atoms with E-state index in [1.54, 1.807) is 36.4 Å². The van der Waals surface area contributed by atoms with E-state index in [9.17, 15) is 14.3 Å². The van der Waals surface area contributed by atoms with Gasteiger partial charge in [-0.25, -0.2) is 4.39 Å². The van der Waals surface area contributed by atoms with E-state index >= 15 is 0 Å². The lowest BCUT2D eigenvalue weighted by atomic mass is 10.0. The monoisotopic (exact) mass is 314 g/mol. The summed E-state index contributed by atoms with van der Waals surface area (Å²) in [7, 11) is 0. The van der Waals surface area contributed by atoms with Gasteiger partial charge in [-0.05, 0) is 48.3 Å². The van der Waals surface area contributed by atoms with Crippen molar-refractivity contribution in [1.82, 2.24) is 0 Å². The number of benzene rings is 1. The molecule has 23 heavy (non-hydrogen) atoms. The van der Waals surface area contributed by atoms with Crippen LogP contribution in [-0.2, 0) is 4.79 Å². The van der Waals surface area contributed by atoms with Crippen molar-refractivity contribution in [2.45, 2.75) is 18.9 Å². The Morgan fingerprint density at radius 1 is 1.17 bits per heavy atom. The summed E-state index contributed by atoms with van der Waals surface area (Å²) < 4.78 is 12.9. The highest BCUT2D eigenvalue weighted by molar-refractivity contribution is 6.13. The van der Waals surface area contributed by atoms with E-state index in [0.717, 1.165) is 11.1 Å². The second-order valence-electron chi connectivity index (χ2n) is 5.25. The second-order valence-corrected chi connectivity index (χ2v) is 5.25. The first kappa shape index (κ1) is 17.1. The molecule has 2 rings (SSSR count). The number of ketones is 1. The van der Waals surface area contributed by atoms with Gasteiger partial charge < -0.3 is 10.2 Å². The lowest BCUT2D eigenvalue weighted by molar-refractivity contribution is -0.110. The number of halogens is 1. The van der Waals surface area contributed by atoms with Gasteiger partial charge in [0, 0.05) is 12.2 Å². The average molecular weight is 314 g/mol. The fraction of sp³-hybridized carbons (Fsp3) is 0.211. The number of hydrogen-bond acceptors (Lipinski definition) is 3. The molecule has 0 aliphatic heterocycles. The van der Waals surface area contributed by atoms with Crippen LogP contribution in [0.4, 0.5) is 4.39 Å². The number of rotatable bonds is 6. The van der Waals surface area contributed by atoms with Crippen molar-refractivity contribution in [1.29, 1.82) is 0 Å². The third-order valence-corrected chi connectivity index (χ3v) is 3.44. The predicted molar refractivity (Wildman–Crippen MR) is 88.1 cm³/mol. The summed E-state index contributed by atoms with van der Waals surface area (Å²) in [6.07, 6.45) is 10.2. The van der Waals surface area contributed by atoms with E-state index in [0.29, 0.717) is 18.4 Å². The summed E-state index contributed by atoms with van der Waals surface area (Å²) in [5, 5.41) is 18.4. The molecule has 120 valence electrons. The highest BCUT2D eigenvalue weighted by Crippen LogP contribution is 2.23. The van der Waals surface area contributed by atoms with E-state index < -0.39 is 6.10 Å². The fourth-order valence-electron chi connectivity index (χ4n) is 2.21. The minimum absolute atomic E-state index is 0.0406. The van der Waals surface area contributed by atoms with E-state index in [1.165, 1.54) is 18.2 Å². The Hall–Kier alpha value is -2.30. The van der Waals surface area contributed by atoms with Gasteiger partial charge in [-0.1, -0.05) is 36.4 Å². The number of aliphatic hydroxyl groups is 2. The van der Waals surface area contributed by atoms with Gasteiger partial charge in [0.2, 0.25) is 0 Å². The summed E-state index contributed by atoms with van der Waals surface area (Å²) in [5.41, 5.74) is 2.08. The first-order chi connectivity index (χ1) is 11.1. The summed E-state index contributed by atoms with van der Waals surface area (Å²) in [6, 6.07) is 6.03. The van der Waals surface area contributed by atoms with E-state index in [-0.39, 0.29) is 18.2 Å². The highest BCUT2D eigenvalue weighted by Gasteiger charge is 2.15. The van der Waals surface area contributed by atoms with Crippen LogP contribution in [0.3, 0.4) is 0 Å². The molecule has 0 spiro atoms. The maximum absolute atomic E-state index is 12.9. The molecule has 0 bridgehead atoms. The van der Waals surface area contributed by atoms with Gasteiger partial charge >= 0.3 is 0 Å². The maximum atomic E-state index is 12.9. The van der Waals surface area contributed by atoms with Crippen LogP contribution in [-0.4, -0.2) is 28.7 Å². The molecule has 1 unspecified atom stereocenters. The molecule has 0 heterocycles. The smallest absolute Gasteiger partial charge is 0.186 e. The zero-order valence-corrected chi connectivity index (χ0v) is 12.7. The predicted octanol–water partition coefficient (Wildman–Crippen LogP) is 2.96. The van der Waals surface area contributed by atoms with Crippen molar-refractivity contribution in [3.8, 4) is 0 Å². The Labute approximate surface area is 134 Å². The molecular weight excluding hydrogens is 295 g/mol. The Morgan fingerprint density at radius 3 is 2.61 bits per heavy atom. The molecule has 1 aliphatic carbocycles. The molecule has 3 nitrogen and oxygen atoms in total. The van der Waals surface area contributed by atoms with Crippen LogP contribution in [0.2, 0.25) is 0 Å². The molecule has 1 atom stereocenters. The number of allylic oxidation sites excluding steroid dienone is 6. The van der Waals surface area contributed by atoms with Crippen molar-refractivity contribution in [3.63, 3.8) is 0 Å². The molecule has 0 fully saturated rings. The molecule has 0 radical (unpaired) electrons. The Kier molecular flexibility index (Phi) is 6.20. The van der Waals surface area contributed by atoms with E-state index in [1.807, 2.05) is 6.08 Å². The van der Waals surface area contributed by atoms with Gasteiger partial charge in [0.25, 0.3) is 0 Å². The van der Waals surface area contributed by atoms with Crippen LogP contribution in [0.25, 0.3) is 6.08 Å². The van der Waals surface area contributed by atoms with Gasteiger partial charge in [-0.3, -0.25) is 4.79 Å². The van der Waals surface area contributed by atoms with Crippen LogP contribution in [0.1, 0.15) is 18.4 Å². The van der Waals surface area contributed by atoms with E-state index in [2.05, 4.69) is 0 Å². The van der Waals surface area contributed by atoms with Crippen LogP contribution in [0.5, 0.6) is 0 Å². The topological polar surface area (TPSA) is 57.5 Å². The zero-order valence-electron chi connectivity index (χ0n) is 12.7. The van der Waals surface area contributed by atoms with Crippen LogP contribution in [0.15, 0.2) is 65.8 Å². The van der Waals surface area contributed by atoms with E-state index in [4.69, 9.17) is 5.11 Å². The molecule has 1 aromatic carbocycles. The van der Waals surface area contributed by atoms with Crippen LogP contribution < -0.4 is 0 Å². The largest absolute Gasteiger partial charge is 0.396 e. The number of aliphatic hydroxyl groups excluding tert-OH is 2. The van der Waals surface area contributed by atoms with Crippen molar-refractivity contribution >= 4 is 11.9 Å². The molecule has 0 saturated heterocycles. The van der Waals surface area contributed by atoms with Gasteiger partial charge in [0.15, 0.2) is 5.78 Å². The Balaban J connectivity index is 2.12. The third kappa shape index (κ3) is 5.13. The first-order valence-corrected chi connectivity index (χ1v) is 7.47. The first-order valence-electron chi connectivity index (χ1n) is 7.47. The van der Waals surface area contributed by atoms with Crippen LogP contribution in [0, 0.1) is 5.82 Å². The van der Waals surface area contributed by atoms with Crippen molar-refractivity contribution in [2.24, 2.45) is 0 Å². The van der Waals surface area contributed by atoms with Gasteiger partial charge in [0.05, 0.1) is 6.10 Å². The second kappa shape index (κ2) is 8.36. The molecule has 1 aromatic rings. The van der Waals surface area contributed by atoms with Gasteiger partial charge in [-0.15, -0.1) is 0 Å². The normalized spacial score (nSPS) is 19.3. The van der Waals surface area contributed by atoms with Crippen LogP contribution >= 0.6 is 0 Å². The van der Waals surface area contributed by atoms with Gasteiger partial charge in [0.1, 0.15) is 5.82 Å². The molecular formula is C19H19FO3. The number of carbonyl (C=O) groups excluding carboxylic acids is 1. The standard InChI is InChI=1S/C19H19FO3/c20-16-9-6-14(7-10-16)13-15-8-11-19(23)18(15)5-1-3-17(22)4-2-12-21/h1,3,5-11,13,17,21-22H,2,4,12H2. The molecule has 0 amide bonds. The molecule has 1 aliphatic rings. The maximum Gasteiger partial charge on any atom is 0.186 e. The summed E-state index contributed by atoms with van der Waals surface area (Å²) in [6.45, 7) is 0.0406. The molecule has 4 heteroatoms. The molecule has 0 aromatic heterocycles. The fourth-order valence-corrected chi connectivity index (χ4v) is 2.21. The quantitative estimate of drug-likeness (QED) is 0.794. The van der Waals surface area contributed by atoms with Gasteiger partial charge in [-0.2, -0.15) is 0 Å². The minimum atomic E-state index is -0.645. The Morgan fingerprint density at radius 2 is 1.91 bits per heavy atom. The average Bonchev–Trinajstić information content (AvgIpc) is 2.88. The zero-order chi connectivity index (χ0) is 16.7. The Bertz CT molecular complexity index is 666. The summed E-state index contributed by atoms with van der Waals surface area (Å²) >= 11 is 0. The summed E-state index contributed by atoms with van der Waals surface area (Å²) in [5.74, 6) is -0.409. The lowest BCUT2D eigenvalue weighted by Gasteiger charge is -2.02. The summed E-state index contributed by atoms with van der Waals surface area (Å²) in [4.78, 5) is 11.9. The highest BCUT2D eigenvalue weighted by atomic mass is 19.1. The van der Waals surface area contributed by atoms with Crippen molar-refractivity contribution in [3.05, 3.63) is 77.2 Å². The number of carbonyl (C=O) groups is 1. The minimum Gasteiger partial charge on any atom is -0.396 e. The lowest BCUT2D eigenvalue weighted by Crippen LogP contribution is -2.02. The van der Waals surface area contributed by atoms with Crippen molar-refractivity contribution < 1.29 is 19.4 Å². The molecule has 2 N–H and O–H groups in total.